The van der Waals surface area contributed by atoms with E-state index in [1.807, 2.05) is 0 Å². The Kier molecular flexibility index (Phi) is 13.8. The molecule has 10 heteroatoms. The zero-order valence-corrected chi connectivity index (χ0v) is 46.5. The van der Waals surface area contributed by atoms with Crippen molar-refractivity contribution in [3.63, 3.8) is 0 Å². The SMILES string of the molecule is COC(=O)c1cc2c(cc1C(=O)OC)-c1nc-2c(-c2ccc(C(C)C)cc2)c2ccc([nH]2)c(-c2ccc(C(C)C)cc2)c2nc(c(-c3ccc(C(C)C)cc3)c3ccc([nH]3)c1-c1ccc(C(C)C)cc1)C(Br)=C2Br. The lowest BCUT2D eigenvalue weighted by Gasteiger charge is -2.13. The Morgan fingerprint density at radius 2 is 0.635 bits per heavy atom. The van der Waals surface area contributed by atoms with Crippen molar-refractivity contribution in [2.75, 3.05) is 14.2 Å². The molecule has 0 spiro atoms. The van der Waals surface area contributed by atoms with Gasteiger partial charge in [-0.05, 0) is 136 Å². The smallest absolute Gasteiger partial charge is 0.338 e. The molecule has 5 aromatic carbocycles. The highest BCUT2D eigenvalue weighted by atomic mass is 79.9. The minimum Gasteiger partial charge on any atom is -0.465 e. The second-order valence-corrected chi connectivity index (χ2v) is 21.9. The number of hydrogen-bond acceptors (Lipinski definition) is 6. The summed E-state index contributed by atoms with van der Waals surface area (Å²) in [6.07, 6.45) is 0. The molecule has 74 heavy (non-hydrogen) atoms. The number of fused-ring (bicyclic) bond motifs is 11. The summed E-state index contributed by atoms with van der Waals surface area (Å²) in [4.78, 5) is 46.9. The van der Waals surface area contributed by atoms with Gasteiger partial charge in [0.05, 0.1) is 57.1 Å². The molecule has 8 nitrogen and oxygen atoms in total. The van der Waals surface area contributed by atoms with Crippen LogP contribution in [-0.2, 0) is 9.47 Å². The van der Waals surface area contributed by atoms with Crippen LogP contribution in [-0.4, -0.2) is 46.1 Å². The standard InChI is InChI=1S/C64H58Br2N4O4/c1-33(2)37-11-19-41(20-12-37)53-49-27-29-51(67-49)55(43-23-15-39(16-24-43)35(5)6)61-57(65)58(66)62(70-61)56(44-25-17-40(18-26-44)36(7)8)52-30-28-50(68-52)54(42-21-13-38(14-22-42)34(3)4)60-46-32-48(64(72)74-10)47(63(71)73-9)31-45(46)59(53)69-60/h11-36,67-68H,1-10H3. The Morgan fingerprint density at radius 1 is 0.392 bits per heavy atom. The Balaban J connectivity index is 1.47. The Morgan fingerprint density at radius 3 is 0.878 bits per heavy atom. The van der Waals surface area contributed by atoms with Gasteiger partial charge in [0.2, 0.25) is 0 Å². The van der Waals surface area contributed by atoms with Crippen LogP contribution in [0.2, 0.25) is 0 Å². The number of carbonyl (C=O) groups is 2. The zero-order valence-electron chi connectivity index (χ0n) is 43.3. The minimum absolute atomic E-state index is 0.0704. The largest absolute Gasteiger partial charge is 0.465 e. The van der Waals surface area contributed by atoms with Gasteiger partial charge in [-0.25, -0.2) is 19.6 Å². The molecule has 2 N–H and O–H groups in total. The van der Waals surface area contributed by atoms with Gasteiger partial charge in [0.15, 0.2) is 0 Å². The van der Waals surface area contributed by atoms with Crippen LogP contribution >= 0.6 is 31.9 Å². The Bertz CT molecular complexity index is 3490. The normalized spacial score (nSPS) is 12.3. The van der Waals surface area contributed by atoms with E-state index in [-0.39, 0.29) is 11.1 Å². The minimum atomic E-state index is -0.669. The summed E-state index contributed by atoms with van der Waals surface area (Å²) in [5.41, 5.74) is 19.4. The number of ether oxygens (including phenoxy) is 2. The third kappa shape index (κ3) is 9.06. The van der Waals surface area contributed by atoms with Crippen LogP contribution in [0.3, 0.4) is 0 Å². The van der Waals surface area contributed by atoms with Crippen molar-refractivity contribution < 1.29 is 19.1 Å². The highest BCUT2D eigenvalue weighted by Crippen LogP contribution is 2.50. The van der Waals surface area contributed by atoms with Gasteiger partial charge >= 0.3 is 11.9 Å². The first-order valence-electron chi connectivity index (χ1n) is 25.2. The van der Waals surface area contributed by atoms with E-state index in [1.165, 1.54) is 36.5 Å². The fourth-order valence-electron chi connectivity index (χ4n) is 10.1. The Labute approximate surface area is 449 Å². The van der Waals surface area contributed by atoms with Gasteiger partial charge in [-0.2, -0.15) is 0 Å². The van der Waals surface area contributed by atoms with Crippen molar-refractivity contribution in [2.24, 2.45) is 0 Å². The monoisotopic (exact) mass is 1100 g/mol. The molecular formula is C64H58Br2N4O4. The zero-order chi connectivity index (χ0) is 52.3. The molecule has 372 valence electrons. The van der Waals surface area contributed by atoms with Gasteiger partial charge in [-0.15, -0.1) is 0 Å². The molecule has 0 atom stereocenters. The van der Waals surface area contributed by atoms with Gasteiger partial charge in [-0.1, -0.05) is 152 Å². The van der Waals surface area contributed by atoms with Crippen LogP contribution in [0, 0.1) is 0 Å². The van der Waals surface area contributed by atoms with E-state index in [0.717, 1.165) is 86.9 Å². The van der Waals surface area contributed by atoms with E-state index in [1.54, 1.807) is 12.1 Å². The molecule has 8 bridgehead atoms. The van der Waals surface area contributed by atoms with Crippen LogP contribution in [0.4, 0.5) is 0 Å². The highest BCUT2D eigenvalue weighted by Gasteiger charge is 2.32. The number of benzene rings is 5. The molecule has 2 aliphatic rings. The van der Waals surface area contributed by atoms with Crippen molar-refractivity contribution in [3.05, 3.63) is 178 Å². The molecule has 0 radical (unpaired) electrons. The van der Waals surface area contributed by atoms with Crippen LogP contribution in [0.5, 0.6) is 0 Å². The number of H-pyrrole nitrogens is 2. The summed E-state index contributed by atoms with van der Waals surface area (Å²) in [6, 6.07) is 46.6. The molecule has 0 amide bonds. The van der Waals surface area contributed by atoms with E-state index < -0.39 is 11.9 Å². The molecule has 3 aromatic heterocycles. The highest BCUT2D eigenvalue weighted by molar-refractivity contribution is 9.18. The van der Waals surface area contributed by atoms with Gasteiger partial charge < -0.3 is 19.4 Å². The first-order valence-corrected chi connectivity index (χ1v) is 26.8. The maximum absolute atomic E-state index is 13.8. The number of esters is 2. The number of aromatic nitrogens is 4. The van der Waals surface area contributed by atoms with Gasteiger partial charge in [0.1, 0.15) is 0 Å². The predicted molar refractivity (Wildman–Crippen MR) is 311 cm³/mol. The molecule has 0 unspecified atom stereocenters. The third-order valence-electron chi connectivity index (χ3n) is 14.4. The average Bonchev–Trinajstić information content (AvgIpc) is 4.22. The van der Waals surface area contributed by atoms with E-state index in [0.29, 0.717) is 46.2 Å². The summed E-state index contributed by atoms with van der Waals surface area (Å²) in [6.45, 7) is 17.5. The molecule has 0 fully saturated rings. The first kappa shape index (κ1) is 50.4. The van der Waals surface area contributed by atoms with E-state index in [2.05, 4.69) is 219 Å². The van der Waals surface area contributed by atoms with Crippen LogP contribution in [0.25, 0.3) is 98.1 Å². The van der Waals surface area contributed by atoms with Crippen LogP contribution < -0.4 is 0 Å². The van der Waals surface area contributed by atoms with Crippen molar-refractivity contribution in [2.45, 2.75) is 79.1 Å². The maximum Gasteiger partial charge on any atom is 0.338 e. The molecule has 5 heterocycles. The number of methoxy groups -OCH3 is 2. The van der Waals surface area contributed by atoms with Crippen molar-refractivity contribution >= 4 is 74.8 Å². The molecule has 10 rings (SSSR count). The number of halogens is 2. The summed E-state index contributed by atoms with van der Waals surface area (Å²) in [7, 11) is 2.63. The fourth-order valence-corrected chi connectivity index (χ4v) is 11.1. The van der Waals surface area contributed by atoms with E-state index >= 15 is 0 Å². The topological polar surface area (TPSA) is 110 Å². The number of hydrogen-bond donors (Lipinski definition) is 2. The number of carbonyl (C=O) groups excluding carboxylic acids is 2. The van der Waals surface area contributed by atoms with Crippen molar-refractivity contribution in [1.82, 2.24) is 19.9 Å². The number of nitrogens with zero attached hydrogens (tertiary/aromatic N) is 2. The average molecular weight is 1110 g/mol. The second-order valence-electron chi connectivity index (χ2n) is 20.4. The second kappa shape index (κ2) is 20.3. The van der Waals surface area contributed by atoms with Crippen LogP contribution in [0.1, 0.15) is 133 Å². The van der Waals surface area contributed by atoms with Crippen molar-refractivity contribution in [3.8, 4) is 67.0 Å². The molecule has 0 aliphatic carbocycles. The molecular weight excluding hydrogens is 1050 g/mol. The van der Waals surface area contributed by atoms with Crippen molar-refractivity contribution in [1.29, 1.82) is 0 Å². The first-order chi connectivity index (χ1) is 35.6. The Hall–Kier alpha value is -7.14. The number of aromatic amines is 2. The van der Waals surface area contributed by atoms with E-state index in [9.17, 15) is 9.59 Å². The maximum atomic E-state index is 13.8. The summed E-state index contributed by atoms with van der Waals surface area (Å²) >= 11 is 8.17. The van der Waals surface area contributed by atoms with Crippen LogP contribution in [0.15, 0.2) is 133 Å². The van der Waals surface area contributed by atoms with Gasteiger partial charge in [-0.3, -0.25) is 0 Å². The molecule has 2 aliphatic heterocycles. The summed E-state index contributed by atoms with van der Waals surface area (Å²) in [5.74, 6) is -0.0566. The predicted octanol–water partition coefficient (Wildman–Crippen LogP) is 18.0. The third-order valence-corrected chi connectivity index (χ3v) is 16.5. The molecule has 0 saturated carbocycles. The quantitative estimate of drug-likeness (QED) is 0.132. The fraction of sp³-hybridized carbons (Fsp3) is 0.219. The number of rotatable bonds is 10. The number of nitrogens with one attached hydrogen (secondary N) is 2. The van der Waals surface area contributed by atoms with Gasteiger partial charge in [0, 0.05) is 55.4 Å². The lowest BCUT2D eigenvalue weighted by Crippen LogP contribution is -2.12. The summed E-state index contributed by atoms with van der Waals surface area (Å²) in [5, 5.41) is 0. The summed E-state index contributed by atoms with van der Waals surface area (Å²) < 4.78 is 12.3. The molecule has 0 saturated heterocycles. The lowest BCUT2D eigenvalue weighted by molar-refractivity contribution is 0.0555. The molecule has 8 aromatic rings. The lowest BCUT2D eigenvalue weighted by atomic mass is 9.90. The van der Waals surface area contributed by atoms with Gasteiger partial charge in [0.25, 0.3) is 0 Å². The van der Waals surface area contributed by atoms with E-state index in [4.69, 9.17) is 19.4 Å².